The van der Waals surface area contributed by atoms with Crippen LogP contribution in [0.4, 0.5) is 0 Å². The van der Waals surface area contributed by atoms with Crippen molar-refractivity contribution < 1.29 is 9.59 Å². The predicted molar refractivity (Wildman–Crippen MR) is 85.2 cm³/mol. The van der Waals surface area contributed by atoms with Gasteiger partial charge in [0.2, 0.25) is 11.8 Å². The topological polar surface area (TPSA) is 75.4 Å². The number of nitrogens with zero attached hydrogens (tertiary/aromatic N) is 1. The first kappa shape index (κ1) is 18.2. The summed E-state index contributed by atoms with van der Waals surface area (Å²) in [5.41, 5.74) is 5.88. The Hall–Kier alpha value is -0.810. The lowest BCUT2D eigenvalue weighted by Gasteiger charge is -2.36. The number of amides is 2. The van der Waals surface area contributed by atoms with Crippen molar-refractivity contribution in [2.75, 3.05) is 20.1 Å². The van der Waals surface area contributed by atoms with Gasteiger partial charge in [-0.05, 0) is 37.6 Å². The summed E-state index contributed by atoms with van der Waals surface area (Å²) in [6.45, 7) is 0.733. The van der Waals surface area contributed by atoms with Crippen LogP contribution in [0.25, 0.3) is 0 Å². The van der Waals surface area contributed by atoms with Crippen molar-refractivity contribution in [1.82, 2.24) is 10.2 Å². The largest absolute Gasteiger partial charge is 0.352 e. The zero-order valence-corrected chi connectivity index (χ0v) is 13.7. The Labute approximate surface area is 133 Å². The zero-order valence-electron chi connectivity index (χ0n) is 12.9. The van der Waals surface area contributed by atoms with Crippen LogP contribution < -0.4 is 11.1 Å². The second-order valence-electron chi connectivity index (χ2n) is 6.53. The average molecular weight is 318 g/mol. The van der Waals surface area contributed by atoms with Gasteiger partial charge in [0.05, 0.1) is 6.54 Å². The van der Waals surface area contributed by atoms with Gasteiger partial charge >= 0.3 is 0 Å². The molecule has 0 aliphatic heterocycles. The average Bonchev–Trinajstić information content (AvgIpc) is 3.23. The van der Waals surface area contributed by atoms with Crippen LogP contribution >= 0.6 is 12.4 Å². The van der Waals surface area contributed by atoms with E-state index in [0.29, 0.717) is 19.0 Å². The highest BCUT2D eigenvalue weighted by atomic mass is 35.5. The first-order valence-corrected chi connectivity index (χ1v) is 7.78. The molecule has 0 saturated heterocycles. The van der Waals surface area contributed by atoms with Gasteiger partial charge in [0, 0.05) is 19.5 Å². The van der Waals surface area contributed by atoms with Crippen LogP contribution in [0.1, 0.15) is 51.4 Å². The zero-order chi connectivity index (χ0) is 14.6. The molecule has 0 aromatic carbocycles. The van der Waals surface area contributed by atoms with Crippen LogP contribution in [0.5, 0.6) is 0 Å². The number of carbonyl (C=O) groups excluding carboxylic acids is 2. The maximum absolute atomic E-state index is 12.3. The molecule has 2 aliphatic carbocycles. The molecule has 0 heterocycles. The monoisotopic (exact) mass is 317 g/mol. The number of carbonyl (C=O) groups is 2. The van der Waals surface area contributed by atoms with Gasteiger partial charge < -0.3 is 16.0 Å². The minimum absolute atomic E-state index is 0. The normalized spacial score (nSPS) is 20.3. The Morgan fingerprint density at radius 2 is 1.86 bits per heavy atom. The molecule has 2 amide bonds. The molecule has 5 nitrogen and oxygen atoms in total. The van der Waals surface area contributed by atoms with E-state index in [0.717, 1.165) is 38.5 Å². The molecule has 0 atom stereocenters. The summed E-state index contributed by atoms with van der Waals surface area (Å²) in [6.07, 6.45) is 8.27. The van der Waals surface area contributed by atoms with E-state index in [2.05, 4.69) is 5.32 Å². The Kier molecular flexibility index (Phi) is 6.94. The van der Waals surface area contributed by atoms with Crippen molar-refractivity contribution in [1.29, 1.82) is 0 Å². The molecule has 0 unspecified atom stereocenters. The Morgan fingerprint density at radius 1 is 1.24 bits per heavy atom. The van der Waals surface area contributed by atoms with E-state index in [-0.39, 0.29) is 36.2 Å². The van der Waals surface area contributed by atoms with E-state index in [4.69, 9.17) is 5.73 Å². The number of nitrogens with one attached hydrogen (secondary N) is 1. The minimum atomic E-state index is -0.0474. The van der Waals surface area contributed by atoms with Crippen LogP contribution in [0.2, 0.25) is 0 Å². The molecule has 0 aromatic rings. The highest BCUT2D eigenvalue weighted by molar-refractivity contribution is 5.85. The summed E-state index contributed by atoms with van der Waals surface area (Å²) in [5.74, 6) is -0.00269. The van der Waals surface area contributed by atoms with Crippen LogP contribution in [-0.4, -0.2) is 42.9 Å². The Balaban J connectivity index is 0.00000220. The van der Waals surface area contributed by atoms with Crippen molar-refractivity contribution in [2.45, 2.75) is 57.4 Å². The molecule has 0 radical (unpaired) electrons. The first-order valence-electron chi connectivity index (χ1n) is 7.78. The Morgan fingerprint density at radius 3 is 2.38 bits per heavy atom. The van der Waals surface area contributed by atoms with Gasteiger partial charge in [-0.15, -0.1) is 12.4 Å². The molecule has 2 fully saturated rings. The lowest BCUT2D eigenvalue weighted by Crippen LogP contribution is -2.43. The summed E-state index contributed by atoms with van der Waals surface area (Å²) in [6, 6.07) is 0.347. The summed E-state index contributed by atoms with van der Waals surface area (Å²) >= 11 is 0. The summed E-state index contributed by atoms with van der Waals surface area (Å²) < 4.78 is 0. The van der Waals surface area contributed by atoms with Crippen LogP contribution in [0.15, 0.2) is 0 Å². The van der Waals surface area contributed by atoms with Gasteiger partial charge in [-0.2, -0.15) is 0 Å². The van der Waals surface area contributed by atoms with Crippen molar-refractivity contribution in [3.8, 4) is 0 Å². The van der Waals surface area contributed by atoms with Gasteiger partial charge in [-0.1, -0.05) is 19.3 Å². The molecule has 2 rings (SSSR count). The highest BCUT2D eigenvalue weighted by Crippen LogP contribution is 2.38. The Bertz CT molecular complexity index is 366. The number of hydrogen-bond donors (Lipinski definition) is 2. The summed E-state index contributed by atoms with van der Waals surface area (Å²) in [7, 11) is 1.71. The van der Waals surface area contributed by atoms with Crippen molar-refractivity contribution in [3.05, 3.63) is 0 Å². The van der Waals surface area contributed by atoms with Gasteiger partial charge in [0.1, 0.15) is 0 Å². The fraction of sp³-hybridized carbons (Fsp3) is 0.867. The van der Waals surface area contributed by atoms with E-state index in [1.807, 2.05) is 0 Å². The molecule has 2 aliphatic rings. The number of likely N-dealkylation sites (N-methyl/N-ethyl adjacent to an activating group) is 1. The second-order valence-corrected chi connectivity index (χ2v) is 6.53. The van der Waals surface area contributed by atoms with E-state index in [9.17, 15) is 9.59 Å². The molecule has 21 heavy (non-hydrogen) atoms. The summed E-state index contributed by atoms with van der Waals surface area (Å²) in [4.78, 5) is 25.6. The highest BCUT2D eigenvalue weighted by Gasteiger charge is 2.34. The van der Waals surface area contributed by atoms with E-state index < -0.39 is 0 Å². The van der Waals surface area contributed by atoms with Crippen LogP contribution in [-0.2, 0) is 9.59 Å². The lowest BCUT2D eigenvalue weighted by atomic mass is 9.71. The third-order valence-corrected chi connectivity index (χ3v) is 4.62. The molecule has 2 saturated carbocycles. The molecule has 3 N–H and O–H groups in total. The van der Waals surface area contributed by atoms with Gasteiger partial charge in [-0.3, -0.25) is 9.59 Å². The molecule has 0 spiro atoms. The number of halogens is 1. The quantitative estimate of drug-likeness (QED) is 0.778. The number of hydrogen-bond acceptors (Lipinski definition) is 3. The molecule has 0 aromatic heterocycles. The van der Waals surface area contributed by atoms with Crippen LogP contribution in [0, 0.1) is 5.41 Å². The van der Waals surface area contributed by atoms with Crippen molar-refractivity contribution in [3.63, 3.8) is 0 Å². The lowest BCUT2D eigenvalue weighted by molar-refractivity contribution is -0.137. The minimum Gasteiger partial charge on any atom is -0.352 e. The fourth-order valence-electron chi connectivity index (χ4n) is 3.02. The van der Waals surface area contributed by atoms with Crippen molar-refractivity contribution in [2.24, 2.45) is 11.1 Å². The molecule has 6 heteroatoms. The van der Waals surface area contributed by atoms with Gasteiger partial charge in [0.15, 0.2) is 0 Å². The standard InChI is InChI=1S/C15H27N3O2.ClH/c1-18(10-13(19)17-12-5-6-12)14(20)9-15(11-16)7-3-2-4-8-15;/h12H,2-11,16H2,1H3,(H,17,19);1H. The van der Waals surface area contributed by atoms with E-state index in [1.165, 1.54) is 6.42 Å². The maximum Gasteiger partial charge on any atom is 0.239 e. The molecule has 0 bridgehead atoms. The third-order valence-electron chi connectivity index (χ3n) is 4.62. The third kappa shape index (κ3) is 5.47. The van der Waals surface area contributed by atoms with Crippen LogP contribution in [0.3, 0.4) is 0 Å². The fourth-order valence-corrected chi connectivity index (χ4v) is 3.02. The number of nitrogens with two attached hydrogens (primary N) is 1. The maximum atomic E-state index is 12.3. The number of rotatable bonds is 6. The SMILES string of the molecule is CN(CC(=O)NC1CC1)C(=O)CC1(CN)CCCCC1.Cl. The second kappa shape index (κ2) is 7.99. The predicted octanol–water partition coefficient (Wildman–Crippen LogP) is 1.44. The molecular formula is C15H28ClN3O2. The molecular weight excluding hydrogens is 290 g/mol. The van der Waals surface area contributed by atoms with E-state index >= 15 is 0 Å². The van der Waals surface area contributed by atoms with Gasteiger partial charge in [0.25, 0.3) is 0 Å². The first-order chi connectivity index (χ1) is 9.54. The van der Waals surface area contributed by atoms with E-state index in [1.54, 1.807) is 11.9 Å². The molecule has 122 valence electrons. The summed E-state index contributed by atoms with van der Waals surface area (Å²) in [5, 5.41) is 2.91. The smallest absolute Gasteiger partial charge is 0.239 e. The van der Waals surface area contributed by atoms with Crippen molar-refractivity contribution >= 4 is 24.2 Å². The van der Waals surface area contributed by atoms with Gasteiger partial charge in [-0.25, -0.2) is 0 Å².